The fourth-order valence-corrected chi connectivity index (χ4v) is 1.55. The van der Waals surface area contributed by atoms with Gasteiger partial charge in [0.1, 0.15) is 0 Å². The number of carbonyl (C=O) groups excluding carboxylic acids is 1. The van der Waals surface area contributed by atoms with E-state index in [9.17, 15) is 4.79 Å². The second-order valence-corrected chi connectivity index (χ2v) is 3.76. The molecule has 1 aromatic heterocycles. The summed E-state index contributed by atoms with van der Waals surface area (Å²) in [5, 5.41) is 3.89. The van der Waals surface area contributed by atoms with Crippen LogP contribution in [0.25, 0.3) is 16.9 Å². The van der Waals surface area contributed by atoms with Gasteiger partial charge in [0.2, 0.25) is 5.78 Å². The molecule has 0 bridgehead atoms. The summed E-state index contributed by atoms with van der Waals surface area (Å²) in [6.07, 6.45) is 1.59. The average Bonchev–Trinajstić information content (AvgIpc) is 2.87. The molecule has 0 amide bonds. The first kappa shape index (κ1) is 12.0. The van der Waals surface area contributed by atoms with Crippen LogP contribution < -0.4 is 0 Å². The van der Waals surface area contributed by atoms with E-state index in [0.29, 0.717) is 17.9 Å². The Labute approximate surface area is 104 Å². The number of ketones is 1. The smallest absolute Gasteiger partial charge is 0.323 e. The molecule has 0 aliphatic heterocycles. The molecule has 5 nitrogen and oxygen atoms in total. The van der Waals surface area contributed by atoms with E-state index in [4.69, 9.17) is 10.1 Å². The molecule has 0 saturated heterocycles. The highest BCUT2D eigenvalue weighted by molar-refractivity contribution is 6.25. The topological polar surface area (TPSA) is 79.5 Å². The lowest BCUT2D eigenvalue weighted by Crippen LogP contribution is -2.01. The molecule has 0 aliphatic carbocycles. The second-order valence-electron chi connectivity index (χ2n) is 3.76. The SMILES string of the molecule is [N-]=[N+]=CC(=O)CCc1cc(-c2ccccc2)on1. The Morgan fingerprint density at radius 2 is 2.17 bits per heavy atom. The van der Waals surface area contributed by atoms with Gasteiger partial charge in [0.05, 0.1) is 5.69 Å². The molecule has 0 radical (unpaired) electrons. The molecule has 0 unspecified atom stereocenters. The van der Waals surface area contributed by atoms with Crippen LogP contribution in [0.15, 0.2) is 40.9 Å². The first-order valence-electron chi connectivity index (χ1n) is 5.51. The first-order chi connectivity index (χ1) is 8.79. The molecule has 0 aliphatic rings. The average molecular weight is 241 g/mol. The van der Waals surface area contributed by atoms with Gasteiger partial charge in [-0.1, -0.05) is 35.5 Å². The molecule has 0 fully saturated rings. The van der Waals surface area contributed by atoms with Crippen molar-refractivity contribution in [1.82, 2.24) is 5.16 Å². The summed E-state index contributed by atoms with van der Waals surface area (Å²) < 4.78 is 5.20. The minimum Gasteiger partial charge on any atom is -0.361 e. The van der Waals surface area contributed by atoms with Crippen molar-refractivity contribution in [3.63, 3.8) is 0 Å². The molecule has 0 N–H and O–H groups in total. The number of nitrogens with zero attached hydrogens (tertiary/aromatic N) is 3. The zero-order chi connectivity index (χ0) is 12.8. The summed E-state index contributed by atoms with van der Waals surface area (Å²) >= 11 is 0. The molecule has 18 heavy (non-hydrogen) atoms. The third-order valence-corrected chi connectivity index (χ3v) is 2.45. The van der Waals surface area contributed by atoms with Crippen LogP contribution in [0.3, 0.4) is 0 Å². The Hall–Kier alpha value is -2.52. The molecular formula is C13H11N3O2. The van der Waals surface area contributed by atoms with Gasteiger partial charge in [-0.2, -0.15) is 4.79 Å². The van der Waals surface area contributed by atoms with Crippen molar-refractivity contribution >= 4 is 12.0 Å². The minimum atomic E-state index is -0.248. The number of benzene rings is 1. The maximum atomic E-state index is 11.1. The van der Waals surface area contributed by atoms with Crippen molar-refractivity contribution in [2.45, 2.75) is 12.8 Å². The van der Waals surface area contributed by atoms with Crippen LogP contribution in [0.5, 0.6) is 0 Å². The highest BCUT2D eigenvalue weighted by Gasteiger charge is 2.09. The largest absolute Gasteiger partial charge is 0.361 e. The second kappa shape index (κ2) is 5.70. The third-order valence-electron chi connectivity index (χ3n) is 2.45. The predicted octanol–water partition coefficient (Wildman–Crippen LogP) is 2.14. The van der Waals surface area contributed by atoms with Crippen LogP contribution in [0, 0.1) is 0 Å². The number of hydrogen-bond acceptors (Lipinski definition) is 3. The van der Waals surface area contributed by atoms with E-state index in [1.807, 2.05) is 30.3 Å². The van der Waals surface area contributed by atoms with Crippen LogP contribution in [0.4, 0.5) is 0 Å². The van der Waals surface area contributed by atoms with Crippen LogP contribution in [-0.4, -0.2) is 21.9 Å². The van der Waals surface area contributed by atoms with E-state index in [1.165, 1.54) is 0 Å². The van der Waals surface area contributed by atoms with Gasteiger partial charge in [0.15, 0.2) is 5.76 Å². The van der Waals surface area contributed by atoms with Gasteiger partial charge in [0, 0.05) is 24.5 Å². The van der Waals surface area contributed by atoms with Gasteiger partial charge >= 0.3 is 6.21 Å². The number of aromatic nitrogens is 1. The quantitative estimate of drug-likeness (QED) is 0.457. The van der Waals surface area contributed by atoms with Gasteiger partial charge in [-0.3, -0.25) is 4.79 Å². The zero-order valence-electron chi connectivity index (χ0n) is 9.61. The summed E-state index contributed by atoms with van der Waals surface area (Å²) in [7, 11) is 0. The van der Waals surface area contributed by atoms with Crippen LogP contribution in [-0.2, 0) is 11.2 Å². The molecular weight excluding hydrogens is 230 g/mol. The summed E-state index contributed by atoms with van der Waals surface area (Å²) in [5.41, 5.74) is 9.85. The van der Waals surface area contributed by atoms with Crippen LogP contribution in [0.1, 0.15) is 12.1 Å². The lowest BCUT2D eigenvalue weighted by Gasteiger charge is -1.91. The monoisotopic (exact) mass is 241 g/mol. The number of aryl methyl sites for hydroxylation is 1. The van der Waals surface area contributed by atoms with Crippen molar-refractivity contribution in [3.8, 4) is 11.3 Å². The van der Waals surface area contributed by atoms with Crippen molar-refractivity contribution in [3.05, 3.63) is 47.6 Å². The highest BCUT2D eigenvalue weighted by Crippen LogP contribution is 2.20. The molecule has 1 aromatic carbocycles. The lowest BCUT2D eigenvalue weighted by molar-refractivity contribution is -0.116. The normalized spacial score (nSPS) is 9.78. The van der Waals surface area contributed by atoms with Crippen LogP contribution in [0.2, 0.25) is 0 Å². The molecule has 0 saturated carbocycles. The molecule has 90 valence electrons. The molecule has 1 heterocycles. The standard InChI is InChI=1S/C13H11N3O2/c14-15-9-12(17)7-6-11-8-13(18-16-11)10-4-2-1-3-5-10/h1-5,8-9H,6-7H2. The summed E-state index contributed by atoms with van der Waals surface area (Å²) in [6, 6.07) is 11.4. The van der Waals surface area contributed by atoms with E-state index in [0.717, 1.165) is 11.8 Å². The number of hydrogen-bond donors (Lipinski definition) is 0. The first-order valence-corrected chi connectivity index (χ1v) is 5.51. The van der Waals surface area contributed by atoms with Gasteiger partial charge in [0.25, 0.3) is 0 Å². The molecule has 2 rings (SSSR count). The summed E-state index contributed by atoms with van der Waals surface area (Å²) in [5.74, 6) is 0.427. The van der Waals surface area contributed by atoms with Gasteiger partial charge in [-0.05, 0) is 0 Å². The number of Topliss-reactive ketones (excluding diaryl/α,β-unsaturated/α-hetero) is 1. The fourth-order valence-electron chi connectivity index (χ4n) is 1.55. The van der Waals surface area contributed by atoms with Crippen molar-refractivity contribution in [1.29, 1.82) is 0 Å². The van der Waals surface area contributed by atoms with Crippen LogP contribution >= 0.6 is 0 Å². The van der Waals surface area contributed by atoms with E-state index in [1.54, 1.807) is 6.07 Å². The Kier molecular flexibility index (Phi) is 3.79. The maximum Gasteiger partial charge on any atom is 0.323 e. The molecule has 0 atom stereocenters. The van der Waals surface area contributed by atoms with Gasteiger partial charge in [-0.15, -0.1) is 0 Å². The highest BCUT2D eigenvalue weighted by atomic mass is 16.5. The predicted molar refractivity (Wildman–Crippen MR) is 65.0 cm³/mol. The van der Waals surface area contributed by atoms with Crippen molar-refractivity contribution in [2.24, 2.45) is 0 Å². The fraction of sp³-hybridized carbons (Fsp3) is 0.154. The molecule has 5 heteroatoms. The molecule has 0 spiro atoms. The Balaban J connectivity index is 2.03. The van der Waals surface area contributed by atoms with E-state index in [-0.39, 0.29) is 12.2 Å². The maximum absolute atomic E-state index is 11.1. The number of rotatable bonds is 5. The van der Waals surface area contributed by atoms with Gasteiger partial charge in [-0.25, -0.2) is 0 Å². The zero-order valence-corrected chi connectivity index (χ0v) is 9.61. The van der Waals surface area contributed by atoms with E-state index < -0.39 is 0 Å². The Morgan fingerprint density at radius 3 is 2.89 bits per heavy atom. The molecule has 2 aromatic rings. The van der Waals surface area contributed by atoms with Gasteiger partial charge < -0.3 is 10.1 Å². The Bertz CT molecular complexity index is 583. The number of carbonyl (C=O) groups is 1. The summed E-state index contributed by atoms with van der Waals surface area (Å²) in [6.45, 7) is 0. The van der Waals surface area contributed by atoms with E-state index >= 15 is 0 Å². The van der Waals surface area contributed by atoms with E-state index in [2.05, 4.69) is 9.95 Å². The summed E-state index contributed by atoms with van der Waals surface area (Å²) in [4.78, 5) is 13.8. The van der Waals surface area contributed by atoms with Crippen molar-refractivity contribution in [2.75, 3.05) is 0 Å². The minimum absolute atomic E-state index is 0.241. The Morgan fingerprint density at radius 1 is 1.39 bits per heavy atom. The van der Waals surface area contributed by atoms with Crippen molar-refractivity contribution < 1.29 is 14.1 Å². The third kappa shape index (κ3) is 2.99. The lowest BCUT2D eigenvalue weighted by atomic mass is 10.1.